The molecule has 1 aliphatic carbocycles. The third kappa shape index (κ3) is 2.65. The fraction of sp³-hybridized carbons (Fsp3) is 0.556. The standard InChI is InChI=1S/C18H22N2O4S/c21-17(19-11-5-7-13-6-1-3-9-15(13)19)12-20-18(22)14-8-2-4-10-16(14)25(20,23)24/h2,4,8,10,13,15H,1,3,5-7,9,11-12H2/t13-,15+/m0/s1. The number of hydrogen-bond donors (Lipinski definition) is 0. The topological polar surface area (TPSA) is 74.8 Å². The molecule has 2 amide bonds. The van der Waals surface area contributed by atoms with Crippen LogP contribution in [0, 0.1) is 5.92 Å². The zero-order chi connectivity index (χ0) is 17.6. The number of likely N-dealkylation sites (tertiary alicyclic amines) is 1. The number of nitrogens with zero attached hydrogens (tertiary/aromatic N) is 2. The van der Waals surface area contributed by atoms with Crippen molar-refractivity contribution in [3.05, 3.63) is 29.8 Å². The van der Waals surface area contributed by atoms with Crippen LogP contribution in [0.5, 0.6) is 0 Å². The lowest BCUT2D eigenvalue weighted by Crippen LogP contribution is -2.53. The summed E-state index contributed by atoms with van der Waals surface area (Å²) in [6.07, 6.45) is 6.53. The van der Waals surface area contributed by atoms with Crippen molar-refractivity contribution in [3.63, 3.8) is 0 Å². The van der Waals surface area contributed by atoms with E-state index in [4.69, 9.17) is 0 Å². The number of sulfonamides is 1. The summed E-state index contributed by atoms with van der Waals surface area (Å²) in [6, 6.07) is 6.35. The molecular weight excluding hydrogens is 340 g/mol. The van der Waals surface area contributed by atoms with Crippen molar-refractivity contribution in [2.75, 3.05) is 13.1 Å². The third-order valence-corrected chi connectivity index (χ3v) is 7.54. The smallest absolute Gasteiger partial charge is 0.269 e. The van der Waals surface area contributed by atoms with Gasteiger partial charge in [-0.15, -0.1) is 0 Å². The maximum absolute atomic E-state index is 12.9. The second kappa shape index (κ2) is 6.12. The van der Waals surface area contributed by atoms with E-state index in [1.54, 1.807) is 12.1 Å². The highest BCUT2D eigenvalue weighted by Crippen LogP contribution is 2.36. The lowest BCUT2D eigenvalue weighted by Gasteiger charge is -2.44. The van der Waals surface area contributed by atoms with Gasteiger partial charge in [-0.05, 0) is 43.7 Å². The van der Waals surface area contributed by atoms with Crippen LogP contribution in [-0.4, -0.2) is 48.6 Å². The Morgan fingerprint density at radius 2 is 1.80 bits per heavy atom. The molecule has 3 aliphatic rings. The van der Waals surface area contributed by atoms with E-state index in [2.05, 4.69) is 0 Å². The van der Waals surface area contributed by atoms with Gasteiger partial charge < -0.3 is 4.90 Å². The molecule has 2 fully saturated rings. The van der Waals surface area contributed by atoms with Crippen molar-refractivity contribution in [1.82, 2.24) is 9.21 Å². The van der Waals surface area contributed by atoms with Crippen molar-refractivity contribution in [2.45, 2.75) is 49.5 Å². The predicted octanol–water partition coefficient (Wildman–Crippen LogP) is 2.01. The molecule has 6 nitrogen and oxygen atoms in total. The molecule has 0 aromatic heterocycles. The van der Waals surface area contributed by atoms with Gasteiger partial charge in [0.15, 0.2) is 0 Å². The van der Waals surface area contributed by atoms with Crippen LogP contribution in [0.25, 0.3) is 0 Å². The Labute approximate surface area is 147 Å². The molecule has 0 N–H and O–H groups in total. The van der Waals surface area contributed by atoms with E-state index in [-0.39, 0.29) is 29.0 Å². The summed E-state index contributed by atoms with van der Waals surface area (Å²) in [7, 11) is -3.92. The second-order valence-electron chi connectivity index (χ2n) is 7.15. The summed E-state index contributed by atoms with van der Waals surface area (Å²) in [4.78, 5) is 27.2. The molecule has 1 saturated carbocycles. The van der Waals surface area contributed by atoms with Crippen LogP contribution >= 0.6 is 0 Å². The Morgan fingerprint density at radius 1 is 1.08 bits per heavy atom. The molecule has 1 aromatic rings. The molecule has 2 aliphatic heterocycles. The van der Waals surface area contributed by atoms with Gasteiger partial charge in [-0.25, -0.2) is 12.7 Å². The second-order valence-corrected chi connectivity index (χ2v) is 8.98. The monoisotopic (exact) mass is 362 g/mol. The van der Waals surface area contributed by atoms with Gasteiger partial charge in [-0.3, -0.25) is 9.59 Å². The van der Waals surface area contributed by atoms with Crippen molar-refractivity contribution >= 4 is 21.8 Å². The normalized spacial score (nSPS) is 27.8. The Bertz CT molecular complexity index is 818. The van der Waals surface area contributed by atoms with E-state index in [0.717, 1.165) is 36.4 Å². The van der Waals surface area contributed by atoms with Gasteiger partial charge in [0.05, 0.1) is 5.56 Å². The number of carbonyl (C=O) groups is 2. The van der Waals surface area contributed by atoms with Crippen LogP contribution in [-0.2, 0) is 14.8 Å². The Balaban J connectivity index is 1.56. The number of rotatable bonds is 2. The molecule has 25 heavy (non-hydrogen) atoms. The van der Waals surface area contributed by atoms with Crippen molar-refractivity contribution in [1.29, 1.82) is 0 Å². The maximum atomic E-state index is 12.9. The highest BCUT2D eigenvalue weighted by atomic mass is 32.2. The lowest BCUT2D eigenvalue weighted by molar-refractivity contribution is -0.137. The fourth-order valence-electron chi connectivity index (χ4n) is 4.54. The van der Waals surface area contributed by atoms with E-state index in [9.17, 15) is 18.0 Å². The van der Waals surface area contributed by atoms with E-state index in [1.165, 1.54) is 18.6 Å². The summed E-state index contributed by atoms with van der Waals surface area (Å²) in [6.45, 7) is 0.272. The number of carbonyl (C=O) groups excluding carboxylic acids is 2. The molecule has 2 heterocycles. The SMILES string of the molecule is O=C(CN1C(=O)c2ccccc2S1(=O)=O)N1CCC[C@@H]2CCCC[C@H]21. The molecule has 2 atom stereocenters. The van der Waals surface area contributed by atoms with Crippen LogP contribution in [0.1, 0.15) is 48.9 Å². The number of amides is 2. The summed E-state index contributed by atoms with van der Waals surface area (Å²) >= 11 is 0. The van der Waals surface area contributed by atoms with Gasteiger partial charge in [0.2, 0.25) is 5.91 Å². The molecule has 4 rings (SSSR count). The fourth-order valence-corrected chi connectivity index (χ4v) is 6.05. The minimum atomic E-state index is -3.92. The molecule has 0 unspecified atom stereocenters. The van der Waals surface area contributed by atoms with Crippen LogP contribution in [0.15, 0.2) is 29.2 Å². The molecule has 0 spiro atoms. The first kappa shape index (κ1) is 16.6. The number of benzene rings is 1. The van der Waals surface area contributed by atoms with Crippen LogP contribution in [0.4, 0.5) is 0 Å². The average molecular weight is 362 g/mol. The quantitative estimate of drug-likeness (QED) is 0.807. The summed E-state index contributed by atoms with van der Waals surface area (Å²) in [5.74, 6) is -0.322. The van der Waals surface area contributed by atoms with Gasteiger partial charge in [0.1, 0.15) is 11.4 Å². The largest absolute Gasteiger partial charge is 0.338 e. The zero-order valence-corrected chi connectivity index (χ0v) is 14.9. The average Bonchev–Trinajstić information content (AvgIpc) is 2.82. The summed E-state index contributed by atoms with van der Waals surface area (Å²) < 4.78 is 26.0. The number of fused-ring (bicyclic) bond motifs is 2. The Morgan fingerprint density at radius 3 is 2.60 bits per heavy atom. The molecule has 7 heteroatoms. The van der Waals surface area contributed by atoms with Crippen LogP contribution in [0.2, 0.25) is 0 Å². The van der Waals surface area contributed by atoms with Gasteiger partial charge >= 0.3 is 0 Å². The molecule has 1 saturated heterocycles. The number of piperidine rings is 1. The minimum absolute atomic E-state index is 0.00184. The van der Waals surface area contributed by atoms with Gasteiger partial charge in [0, 0.05) is 12.6 Å². The highest BCUT2D eigenvalue weighted by Gasteiger charge is 2.44. The first-order valence-electron chi connectivity index (χ1n) is 8.96. The van der Waals surface area contributed by atoms with Crippen LogP contribution < -0.4 is 0 Å². The first-order chi connectivity index (χ1) is 12.0. The highest BCUT2D eigenvalue weighted by molar-refractivity contribution is 7.90. The molecule has 1 aromatic carbocycles. The maximum Gasteiger partial charge on any atom is 0.269 e. The van der Waals surface area contributed by atoms with E-state index < -0.39 is 15.9 Å². The van der Waals surface area contributed by atoms with Gasteiger partial charge in [-0.2, -0.15) is 0 Å². The molecule has 0 radical (unpaired) electrons. The zero-order valence-electron chi connectivity index (χ0n) is 14.1. The van der Waals surface area contributed by atoms with Gasteiger partial charge in [-0.1, -0.05) is 25.0 Å². The van der Waals surface area contributed by atoms with Gasteiger partial charge in [0.25, 0.3) is 15.9 Å². The van der Waals surface area contributed by atoms with Crippen molar-refractivity contribution in [3.8, 4) is 0 Å². The minimum Gasteiger partial charge on any atom is -0.338 e. The molecular formula is C18H22N2O4S. The predicted molar refractivity (Wildman–Crippen MR) is 91.4 cm³/mol. The van der Waals surface area contributed by atoms with Crippen molar-refractivity contribution in [2.24, 2.45) is 5.92 Å². The van der Waals surface area contributed by atoms with E-state index >= 15 is 0 Å². The summed E-state index contributed by atoms with van der Waals surface area (Å²) in [5.41, 5.74) is 0.157. The van der Waals surface area contributed by atoms with Crippen LogP contribution in [0.3, 0.4) is 0 Å². The lowest BCUT2D eigenvalue weighted by atomic mass is 9.78. The Kier molecular flexibility index (Phi) is 4.06. The first-order valence-corrected chi connectivity index (χ1v) is 10.4. The molecule has 134 valence electrons. The third-order valence-electron chi connectivity index (χ3n) is 5.75. The van der Waals surface area contributed by atoms with E-state index in [0.29, 0.717) is 12.5 Å². The molecule has 0 bridgehead atoms. The van der Waals surface area contributed by atoms with Crippen molar-refractivity contribution < 1.29 is 18.0 Å². The summed E-state index contributed by atoms with van der Waals surface area (Å²) in [5, 5.41) is 0. The number of hydrogen-bond acceptors (Lipinski definition) is 4. The van der Waals surface area contributed by atoms with E-state index in [1.807, 2.05) is 4.90 Å². The Hall–Kier alpha value is -1.89.